The van der Waals surface area contributed by atoms with Crippen molar-refractivity contribution in [2.45, 2.75) is 52.8 Å². The van der Waals surface area contributed by atoms with Crippen LogP contribution < -0.4 is 0 Å². The van der Waals surface area contributed by atoms with Crippen LogP contribution in [0.4, 0.5) is 0 Å². The molecule has 0 aliphatic carbocycles. The zero-order valence-electron chi connectivity index (χ0n) is 14.0. The van der Waals surface area contributed by atoms with E-state index < -0.39 is 0 Å². The van der Waals surface area contributed by atoms with Gasteiger partial charge in [-0.25, -0.2) is 4.98 Å². The van der Waals surface area contributed by atoms with Crippen LogP contribution >= 0.6 is 23.1 Å². The fourth-order valence-corrected chi connectivity index (χ4v) is 4.29. The number of Topliss-reactive ketones (excluding diaryl/α,β-unsaturated/α-hetero) is 1. The topological polar surface area (TPSA) is 34.9 Å². The van der Waals surface area contributed by atoms with Gasteiger partial charge in [0.15, 0.2) is 5.78 Å². The van der Waals surface area contributed by atoms with Crippen molar-refractivity contribution in [1.82, 2.24) is 9.55 Å². The van der Waals surface area contributed by atoms with Crippen molar-refractivity contribution in [3.05, 3.63) is 39.1 Å². The Kier molecular flexibility index (Phi) is 5.87. The minimum absolute atomic E-state index is 0.220. The second-order valence-electron chi connectivity index (χ2n) is 5.78. The fourth-order valence-electron chi connectivity index (χ4n) is 2.55. The number of carbonyl (C=O) groups excluding carboxylic acids is 1. The average Bonchev–Trinajstić information content (AvgIpc) is 3.04. The van der Waals surface area contributed by atoms with Crippen LogP contribution in [0, 0.1) is 13.8 Å². The molecule has 22 heavy (non-hydrogen) atoms. The second-order valence-corrected chi connectivity index (χ2v) is 7.65. The first-order valence-electron chi connectivity index (χ1n) is 7.66. The average molecular weight is 337 g/mol. The van der Waals surface area contributed by atoms with Gasteiger partial charge in [0.2, 0.25) is 0 Å². The van der Waals surface area contributed by atoms with Gasteiger partial charge in [-0.05, 0) is 26.8 Å². The van der Waals surface area contributed by atoms with Crippen molar-refractivity contribution in [3.8, 4) is 0 Å². The summed E-state index contributed by atoms with van der Waals surface area (Å²) in [5.41, 5.74) is 4.20. The van der Waals surface area contributed by atoms with Crippen LogP contribution in [0.2, 0.25) is 0 Å². The van der Waals surface area contributed by atoms with Crippen LogP contribution in [0.5, 0.6) is 0 Å². The second kappa shape index (κ2) is 7.47. The molecule has 0 amide bonds. The summed E-state index contributed by atoms with van der Waals surface area (Å²) in [7, 11) is 0. The number of carbonyl (C=O) groups is 1. The molecule has 0 spiro atoms. The van der Waals surface area contributed by atoms with Gasteiger partial charge in [-0.3, -0.25) is 4.79 Å². The minimum Gasteiger partial charge on any atom is -0.349 e. The predicted molar refractivity (Wildman–Crippen MR) is 96.3 cm³/mol. The zero-order chi connectivity index (χ0) is 16.3. The van der Waals surface area contributed by atoms with E-state index in [-0.39, 0.29) is 5.78 Å². The van der Waals surface area contributed by atoms with E-state index in [1.165, 1.54) is 5.01 Å². The molecular weight excluding hydrogens is 312 g/mol. The molecule has 5 heteroatoms. The Morgan fingerprint density at radius 3 is 2.68 bits per heavy atom. The highest BCUT2D eigenvalue weighted by Crippen LogP contribution is 2.23. The van der Waals surface area contributed by atoms with Crippen molar-refractivity contribution in [2.24, 2.45) is 0 Å². The molecule has 0 aromatic carbocycles. The smallest absolute Gasteiger partial charge is 0.174 e. The number of nitrogens with zero attached hydrogens (tertiary/aromatic N) is 2. The van der Waals surface area contributed by atoms with E-state index in [2.05, 4.69) is 42.6 Å². The summed E-state index contributed by atoms with van der Waals surface area (Å²) in [5, 5.41) is 3.28. The number of thioether (sulfide) groups is 1. The lowest BCUT2D eigenvalue weighted by atomic mass is 10.2. The molecule has 2 rings (SSSR count). The van der Waals surface area contributed by atoms with Crippen molar-refractivity contribution < 1.29 is 4.79 Å². The van der Waals surface area contributed by atoms with Crippen LogP contribution in [0.25, 0.3) is 0 Å². The third-order valence-corrected chi connectivity index (χ3v) is 5.90. The molecule has 2 heterocycles. The molecular formula is C17H24N2OS2. The van der Waals surface area contributed by atoms with Crippen molar-refractivity contribution in [3.63, 3.8) is 0 Å². The highest BCUT2D eigenvalue weighted by molar-refractivity contribution is 7.99. The van der Waals surface area contributed by atoms with Gasteiger partial charge in [0.05, 0.1) is 16.5 Å². The first kappa shape index (κ1) is 17.3. The van der Waals surface area contributed by atoms with Crippen molar-refractivity contribution >= 4 is 28.9 Å². The third kappa shape index (κ3) is 3.82. The van der Waals surface area contributed by atoms with E-state index in [1.54, 1.807) is 23.1 Å². The quantitative estimate of drug-likeness (QED) is 0.680. The molecule has 0 bridgehead atoms. The monoisotopic (exact) mass is 336 g/mol. The lowest BCUT2D eigenvalue weighted by Crippen LogP contribution is -2.06. The van der Waals surface area contributed by atoms with Crippen LogP contribution in [-0.2, 0) is 12.3 Å². The predicted octanol–water partition coefficient (Wildman–Crippen LogP) is 4.82. The molecule has 0 aliphatic heterocycles. The fraction of sp³-hybridized carbons (Fsp3) is 0.529. The summed E-state index contributed by atoms with van der Waals surface area (Å²) in [6.45, 7) is 11.4. The Labute approximate surface area is 141 Å². The van der Waals surface area contributed by atoms with E-state index in [4.69, 9.17) is 0 Å². The molecule has 2 aromatic heterocycles. The Hall–Kier alpha value is -1.07. The van der Waals surface area contributed by atoms with Crippen LogP contribution in [0.1, 0.15) is 59.1 Å². The third-order valence-electron chi connectivity index (χ3n) is 3.74. The molecule has 0 aliphatic rings. The van der Waals surface area contributed by atoms with Crippen molar-refractivity contribution in [2.75, 3.05) is 5.75 Å². The molecule has 0 atom stereocenters. The molecule has 3 nitrogen and oxygen atoms in total. The van der Waals surface area contributed by atoms with E-state index in [1.807, 2.05) is 13.0 Å². The molecule has 0 fully saturated rings. The normalized spacial score (nSPS) is 11.4. The summed E-state index contributed by atoms with van der Waals surface area (Å²) >= 11 is 3.36. The maximum atomic E-state index is 12.4. The van der Waals surface area contributed by atoms with Gasteiger partial charge >= 0.3 is 0 Å². The van der Waals surface area contributed by atoms with Crippen LogP contribution in [0.3, 0.4) is 0 Å². The van der Waals surface area contributed by atoms with Gasteiger partial charge < -0.3 is 4.57 Å². The number of thiazole rings is 1. The zero-order valence-corrected chi connectivity index (χ0v) is 15.6. The Morgan fingerprint density at radius 1 is 1.41 bits per heavy atom. The van der Waals surface area contributed by atoms with Gasteiger partial charge in [-0.2, -0.15) is 0 Å². The van der Waals surface area contributed by atoms with Gasteiger partial charge in [-0.15, -0.1) is 23.1 Å². The number of rotatable bonds is 7. The summed E-state index contributed by atoms with van der Waals surface area (Å²) in [4.78, 5) is 17.0. The first-order chi connectivity index (χ1) is 10.4. The minimum atomic E-state index is 0.220. The number of aromatic nitrogens is 2. The molecule has 2 aromatic rings. The molecule has 0 N–H and O–H groups in total. The summed E-state index contributed by atoms with van der Waals surface area (Å²) < 4.78 is 2.19. The van der Waals surface area contributed by atoms with Crippen LogP contribution in [-0.4, -0.2) is 21.1 Å². The maximum absolute atomic E-state index is 12.4. The van der Waals surface area contributed by atoms with Gasteiger partial charge in [0.25, 0.3) is 0 Å². The van der Waals surface area contributed by atoms with Crippen LogP contribution in [0.15, 0.2) is 11.4 Å². The first-order valence-corrected chi connectivity index (χ1v) is 9.69. The molecule has 120 valence electrons. The summed E-state index contributed by atoms with van der Waals surface area (Å²) in [6, 6.07) is 2.02. The Morgan fingerprint density at radius 2 is 2.14 bits per heavy atom. The molecule has 0 saturated heterocycles. The summed E-state index contributed by atoms with van der Waals surface area (Å²) in [6.07, 6.45) is 0. The van der Waals surface area contributed by atoms with E-state index >= 15 is 0 Å². The summed E-state index contributed by atoms with van der Waals surface area (Å²) in [5.74, 6) is 2.02. The largest absolute Gasteiger partial charge is 0.349 e. The van der Waals surface area contributed by atoms with Gasteiger partial charge in [0.1, 0.15) is 0 Å². The highest BCUT2D eigenvalue weighted by Gasteiger charge is 2.15. The standard InChI is InChI=1S/C17H24N2OS2/c1-6-19-12(4)7-15(13(19)5)16(20)10-21-8-14-9-22-17(18-14)11(2)3/h7,9,11H,6,8,10H2,1-5H3. The maximum Gasteiger partial charge on any atom is 0.174 e. The lowest BCUT2D eigenvalue weighted by Gasteiger charge is -2.05. The SMILES string of the molecule is CCn1c(C)cc(C(=O)CSCc2csc(C(C)C)n2)c1C. The molecule has 0 radical (unpaired) electrons. The number of ketones is 1. The Balaban J connectivity index is 1.92. The number of aryl methyl sites for hydroxylation is 1. The Bertz CT molecular complexity index is 656. The van der Waals surface area contributed by atoms with Gasteiger partial charge in [0, 0.05) is 40.5 Å². The molecule has 0 unspecified atom stereocenters. The lowest BCUT2D eigenvalue weighted by molar-refractivity contribution is 0.102. The van der Waals surface area contributed by atoms with E-state index in [0.29, 0.717) is 11.7 Å². The van der Waals surface area contributed by atoms with Crippen molar-refractivity contribution in [1.29, 1.82) is 0 Å². The van der Waals surface area contributed by atoms with Gasteiger partial charge in [-0.1, -0.05) is 13.8 Å². The molecule has 0 saturated carbocycles. The number of hydrogen-bond donors (Lipinski definition) is 0. The highest BCUT2D eigenvalue weighted by atomic mass is 32.2. The van der Waals surface area contributed by atoms with E-state index in [9.17, 15) is 4.79 Å². The number of hydrogen-bond acceptors (Lipinski definition) is 4. The van der Waals surface area contributed by atoms with E-state index in [0.717, 1.165) is 34.9 Å².